The molecule has 3 nitrogen and oxygen atoms in total. The van der Waals surface area contributed by atoms with Gasteiger partial charge in [-0.15, -0.1) is 0 Å². The van der Waals surface area contributed by atoms with E-state index in [9.17, 15) is 4.79 Å². The van der Waals surface area contributed by atoms with Crippen LogP contribution in [-0.4, -0.2) is 23.3 Å². The van der Waals surface area contributed by atoms with Gasteiger partial charge in [0.05, 0.1) is 6.10 Å². The van der Waals surface area contributed by atoms with E-state index in [0.717, 1.165) is 6.42 Å². The van der Waals surface area contributed by atoms with Crippen molar-refractivity contribution in [2.45, 2.75) is 32.0 Å². The van der Waals surface area contributed by atoms with Gasteiger partial charge in [0.15, 0.2) is 6.10 Å². The third-order valence-electron chi connectivity index (χ3n) is 1.44. The molecule has 0 aromatic carbocycles. The summed E-state index contributed by atoms with van der Waals surface area (Å²) in [5.74, 6) is -0.478. The second kappa shape index (κ2) is 2.35. The molecule has 3 heteroatoms. The molecule has 1 aliphatic heterocycles. The van der Waals surface area contributed by atoms with E-state index in [2.05, 4.69) is 0 Å². The zero-order chi connectivity index (χ0) is 6.85. The van der Waals surface area contributed by atoms with E-state index in [1.54, 1.807) is 0 Å². The first kappa shape index (κ1) is 6.55. The monoisotopic (exact) mass is 130 g/mol. The Morgan fingerprint density at radius 2 is 2.33 bits per heavy atom. The Bertz CT molecular complexity index is 121. The Morgan fingerprint density at radius 1 is 1.67 bits per heavy atom. The third kappa shape index (κ3) is 1.42. The first-order valence-electron chi connectivity index (χ1n) is 3.08. The number of cyclic esters (lactones) is 1. The average molecular weight is 130 g/mol. The molecular formula is C6H10O3. The number of rotatable bonds is 0. The molecule has 0 aromatic heterocycles. The molecule has 0 spiro atoms. The summed E-state index contributed by atoms with van der Waals surface area (Å²) in [6.45, 7) is 1.82. The van der Waals surface area contributed by atoms with E-state index >= 15 is 0 Å². The van der Waals surface area contributed by atoms with Crippen molar-refractivity contribution in [1.82, 2.24) is 0 Å². The second-order valence-electron chi connectivity index (χ2n) is 2.34. The first-order chi connectivity index (χ1) is 4.20. The number of aliphatic hydroxyl groups excluding tert-OH is 1. The van der Waals surface area contributed by atoms with Crippen LogP contribution >= 0.6 is 0 Å². The Kier molecular flexibility index (Phi) is 1.71. The van der Waals surface area contributed by atoms with Crippen molar-refractivity contribution in [2.24, 2.45) is 0 Å². The lowest BCUT2D eigenvalue weighted by Gasteiger charge is -2.21. The Labute approximate surface area is 53.6 Å². The standard InChI is InChI=1S/C6H10O3/c1-4-2-3-5(7)6(8)9-4/h4-5,7H,2-3H2,1H3/t4-,5+/m1/s1. The van der Waals surface area contributed by atoms with Crippen molar-refractivity contribution in [3.63, 3.8) is 0 Å². The van der Waals surface area contributed by atoms with Gasteiger partial charge in [0.2, 0.25) is 0 Å². The number of ether oxygens (including phenoxy) is 1. The molecule has 1 N–H and O–H groups in total. The zero-order valence-corrected chi connectivity index (χ0v) is 5.33. The smallest absolute Gasteiger partial charge is 0.335 e. The van der Waals surface area contributed by atoms with Crippen LogP contribution in [0.3, 0.4) is 0 Å². The molecule has 0 amide bonds. The van der Waals surface area contributed by atoms with E-state index in [1.807, 2.05) is 6.92 Å². The molecule has 1 aliphatic rings. The van der Waals surface area contributed by atoms with Crippen LogP contribution < -0.4 is 0 Å². The van der Waals surface area contributed by atoms with Crippen LogP contribution in [0.15, 0.2) is 0 Å². The predicted molar refractivity (Wildman–Crippen MR) is 30.8 cm³/mol. The summed E-state index contributed by atoms with van der Waals surface area (Å²) in [7, 11) is 0. The molecule has 1 heterocycles. The van der Waals surface area contributed by atoms with Crippen molar-refractivity contribution in [1.29, 1.82) is 0 Å². The van der Waals surface area contributed by atoms with Gasteiger partial charge in [-0.1, -0.05) is 0 Å². The van der Waals surface area contributed by atoms with Gasteiger partial charge in [-0.05, 0) is 19.8 Å². The van der Waals surface area contributed by atoms with Gasteiger partial charge in [0, 0.05) is 0 Å². The first-order valence-corrected chi connectivity index (χ1v) is 3.08. The van der Waals surface area contributed by atoms with Crippen LogP contribution in [0.25, 0.3) is 0 Å². The number of esters is 1. The normalized spacial score (nSPS) is 36.0. The largest absolute Gasteiger partial charge is 0.461 e. The van der Waals surface area contributed by atoms with Crippen LogP contribution in [0.1, 0.15) is 19.8 Å². The van der Waals surface area contributed by atoms with Gasteiger partial charge >= 0.3 is 5.97 Å². The third-order valence-corrected chi connectivity index (χ3v) is 1.44. The Morgan fingerprint density at radius 3 is 2.78 bits per heavy atom. The van der Waals surface area contributed by atoms with Gasteiger partial charge in [-0.2, -0.15) is 0 Å². The highest BCUT2D eigenvalue weighted by Gasteiger charge is 2.24. The van der Waals surface area contributed by atoms with Crippen LogP contribution in [0.2, 0.25) is 0 Å². The molecule has 0 unspecified atom stereocenters. The summed E-state index contributed by atoms with van der Waals surface area (Å²) >= 11 is 0. The summed E-state index contributed by atoms with van der Waals surface area (Å²) in [6, 6.07) is 0. The molecule has 1 saturated heterocycles. The van der Waals surface area contributed by atoms with Gasteiger partial charge in [0.25, 0.3) is 0 Å². The highest BCUT2D eigenvalue weighted by Crippen LogP contribution is 2.13. The highest BCUT2D eigenvalue weighted by molar-refractivity contribution is 5.75. The maximum absolute atomic E-state index is 10.5. The number of hydrogen-bond donors (Lipinski definition) is 1. The van der Waals surface area contributed by atoms with E-state index in [-0.39, 0.29) is 6.10 Å². The van der Waals surface area contributed by atoms with Crippen molar-refractivity contribution >= 4 is 5.97 Å². The molecule has 2 atom stereocenters. The van der Waals surface area contributed by atoms with E-state index < -0.39 is 12.1 Å². The second-order valence-corrected chi connectivity index (χ2v) is 2.34. The van der Waals surface area contributed by atoms with Crippen LogP contribution in [0.5, 0.6) is 0 Å². The lowest BCUT2D eigenvalue weighted by Crippen LogP contribution is -2.32. The maximum Gasteiger partial charge on any atom is 0.335 e. The molecule has 9 heavy (non-hydrogen) atoms. The molecule has 52 valence electrons. The molecule has 0 aliphatic carbocycles. The molecule has 0 aromatic rings. The Hall–Kier alpha value is -0.570. The van der Waals surface area contributed by atoms with Crippen LogP contribution in [0.4, 0.5) is 0 Å². The van der Waals surface area contributed by atoms with Gasteiger partial charge in [0.1, 0.15) is 0 Å². The van der Waals surface area contributed by atoms with Crippen LogP contribution in [0, 0.1) is 0 Å². The molecule has 0 bridgehead atoms. The lowest BCUT2D eigenvalue weighted by molar-refractivity contribution is -0.165. The topological polar surface area (TPSA) is 46.5 Å². The van der Waals surface area contributed by atoms with Gasteiger partial charge < -0.3 is 9.84 Å². The average Bonchev–Trinajstić information content (AvgIpc) is 1.80. The fraction of sp³-hybridized carbons (Fsp3) is 0.833. The molecule has 0 radical (unpaired) electrons. The van der Waals surface area contributed by atoms with Crippen molar-refractivity contribution in [3.05, 3.63) is 0 Å². The van der Waals surface area contributed by atoms with E-state index in [1.165, 1.54) is 0 Å². The minimum absolute atomic E-state index is 0.0131. The quantitative estimate of drug-likeness (QED) is 0.472. The summed E-state index contributed by atoms with van der Waals surface area (Å²) in [5, 5.41) is 8.82. The van der Waals surface area contributed by atoms with Gasteiger partial charge in [-0.25, -0.2) is 4.79 Å². The zero-order valence-electron chi connectivity index (χ0n) is 5.33. The fourth-order valence-corrected chi connectivity index (χ4v) is 0.846. The predicted octanol–water partition coefficient (Wildman–Crippen LogP) is 0.0728. The number of aliphatic hydroxyl groups is 1. The SMILES string of the molecule is C[C@@H]1CC[C@H](O)C(=O)O1. The molecule has 0 saturated carbocycles. The summed E-state index contributed by atoms with van der Waals surface area (Å²) in [4.78, 5) is 10.5. The number of carbonyl (C=O) groups is 1. The van der Waals surface area contributed by atoms with Crippen molar-refractivity contribution in [3.8, 4) is 0 Å². The molecule has 1 fully saturated rings. The minimum Gasteiger partial charge on any atom is -0.461 e. The summed E-state index contributed by atoms with van der Waals surface area (Å²) in [6.07, 6.45) is 0.425. The van der Waals surface area contributed by atoms with Crippen molar-refractivity contribution in [2.75, 3.05) is 0 Å². The van der Waals surface area contributed by atoms with Crippen molar-refractivity contribution < 1.29 is 14.6 Å². The maximum atomic E-state index is 10.5. The number of hydrogen-bond acceptors (Lipinski definition) is 3. The van der Waals surface area contributed by atoms with E-state index in [0.29, 0.717) is 6.42 Å². The van der Waals surface area contributed by atoms with Gasteiger partial charge in [-0.3, -0.25) is 0 Å². The summed E-state index contributed by atoms with van der Waals surface area (Å²) in [5.41, 5.74) is 0. The Balaban J connectivity index is 2.44. The lowest BCUT2D eigenvalue weighted by atomic mass is 10.1. The molecule has 1 rings (SSSR count). The molecular weight excluding hydrogens is 120 g/mol. The summed E-state index contributed by atoms with van der Waals surface area (Å²) < 4.78 is 4.71. The van der Waals surface area contributed by atoms with Crippen LogP contribution in [-0.2, 0) is 9.53 Å². The fourth-order valence-electron chi connectivity index (χ4n) is 0.846. The highest BCUT2D eigenvalue weighted by atomic mass is 16.6. The van der Waals surface area contributed by atoms with E-state index in [4.69, 9.17) is 9.84 Å². The number of carbonyl (C=O) groups excluding carboxylic acids is 1. The minimum atomic E-state index is -0.874.